The molecule has 2 aliphatic rings. The lowest BCUT2D eigenvalue weighted by atomic mass is 9.58. The summed E-state index contributed by atoms with van der Waals surface area (Å²) >= 11 is 0. The van der Waals surface area contributed by atoms with E-state index in [1.54, 1.807) is 0 Å². The molecule has 2 fully saturated rings. The molecule has 0 saturated heterocycles. The fourth-order valence-corrected chi connectivity index (χ4v) is 4.30. The Labute approximate surface area is 128 Å². The zero-order valence-corrected chi connectivity index (χ0v) is 13.5. The first-order valence-electron chi connectivity index (χ1n) is 8.65. The fourth-order valence-electron chi connectivity index (χ4n) is 4.30. The van der Waals surface area contributed by atoms with Crippen LogP contribution >= 0.6 is 0 Å². The van der Waals surface area contributed by atoms with Gasteiger partial charge in [0.15, 0.2) is 5.75 Å². The third kappa shape index (κ3) is 2.83. The summed E-state index contributed by atoms with van der Waals surface area (Å²) in [6.07, 6.45) is 14.7. The molecule has 0 amide bonds. The third-order valence-corrected chi connectivity index (χ3v) is 5.51. The zero-order chi connectivity index (χ0) is 14.7. The van der Waals surface area contributed by atoms with Crippen LogP contribution in [0.4, 0.5) is 0 Å². The lowest BCUT2D eigenvalue weighted by Crippen LogP contribution is -2.64. The number of hydrogen-bond donors (Lipinski definition) is 1. The molecular formula is C17H29N3O. The van der Waals surface area contributed by atoms with Gasteiger partial charge in [-0.1, -0.05) is 32.6 Å². The summed E-state index contributed by atoms with van der Waals surface area (Å²) in [5, 5.41) is 7.91. The number of ether oxygens (including phenoxy) is 1. The van der Waals surface area contributed by atoms with Gasteiger partial charge in [0.2, 0.25) is 0 Å². The molecule has 0 radical (unpaired) electrons. The molecule has 1 N–H and O–H groups in total. The summed E-state index contributed by atoms with van der Waals surface area (Å²) in [4.78, 5) is 0. The van der Waals surface area contributed by atoms with E-state index in [4.69, 9.17) is 4.74 Å². The number of aromatic nitrogens is 2. The Hall–Kier alpha value is -1.03. The van der Waals surface area contributed by atoms with Crippen molar-refractivity contribution < 1.29 is 4.74 Å². The fraction of sp³-hybridized carbons (Fsp3) is 0.824. The SMILES string of the molecule is CCCn1cc(OC2CC(NC)C23CCCCCC3)cn1. The van der Waals surface area contributed by atoms with E-state index in [-0.39, 0.29) is 0 Å². The second kappa shape index (κ2) is 6.39. The summed E-state index contributed by atoms with van der Waals surface area (Å²) in [6, 6.07) is 0.631. The van der Waals surface area contributed by atoms with Crippen molar-refractivity contribution in [1.29, 1.82) is 0 Å². The highest BCUT2D eigenvalue weighted by atomic mass is 16.5. The molecule has 1 spiro atoms. The van der Waals surface area contributed by atoms with Crippen molar-refractivity contribution in [3.63, 3.8) is 0 Å². The molecule has 118 valence electrons. The highest BCUT2D eigenvalue weighted by molar-refractivity contribution is 5.17. The van der Waals surface area contributed by atoms with Gasteiger partial charge in [0.05, 0.1) is 12.4 Å². The third-order valence-electron chi connectivity index (χ3n) is 5.51. The first-order valence-corrected chi connectivity index (χ1v) is 8.65. The average molecular weight is 291 g/mol. The van der Waals surface area contributed by atoms with Crippen molar-refractivity contribution in [1.82, 2.24) is 15.1 Å². The van der Waals surface area contributed by atoms with Crippen molar-refractivity contribution in [2.24, 2.45) is 5.41 Å². The predicted molar refractivity (Wildman–Crippen MR) is 84.5 cm³/mol. The molecule has 2 atom stereocenters. The summed E-state index contributed by atoms with van der Waals surface area (Å²) in [7, 11) is 2.10. The van der Waals surface area contributed by atoms with Gasteiger partial charge in [-0.25, -0.2) is 0 Å². The van der Waals surface area contributed by atoms with Gasteiger partial charge in [0, 0.05) is 24.4 Å². The van der Waals surface area contributed by atoms with Crippen LogP contribution in [-0.4, -0.2) is 29.0 Å². The zero-order valence-electron chi connectivity index (χ0n) is 13.5. The number of nitrogens with zero attached hydrogens (tertiary/aromatic N) is 2. The average Bonchev–Trinajstić information content (AvgIpc) is 2.76. The van der Waals surface area contributed by atoms with Crippen LogP contribution in [0.5, 0.6) is 5.75 Å². The lowest BCUT2D eigenvalue weighted by molar-refractivity contribution is -0.0882. The van der Waals surface area contributed by atoms with Gasteiger partial charge in [-0.05, 0) is 26.3 Å². The molecule has 2 aliphatic carbocycles. The maximum atomic E-state index is 6.33. The molecular weight excluding hydrogens is 262 g/mol. The Morgan fingerprint density at radius 2 is 2.10 bits per heavy atom. The summed E-state index contributed by atoms with van der Waals surface area (Å²) in [6.45, 7) is 3.14. The maximum absolute atomic E-state index is 6.33. The molecule has 4 heteroatoms. The molecule has 1 heterocycles. The van der Waals surface area contributed by atoms with E-state index in [1.165, 1.54) is 38.5 Å². The molecule has 21 heavy (non-hydrogen) atoms. The topological polar surface area (TPSA) is 39.1 Å². The largest absolute Gasteiger partial charge is 0.486 e. The quantitative estimate of drug-likeness (QED) is 0.904. The minimum Gasteiger partial charge on any atom is -0.486 e. The van der Waals surface area contributed by atoms with Crippen LogP contribution in [-0.2, 0) is 6.54 Å². The number of aryl methyl sites for hydroxylation is 1. The molecule has 4 nitrogen and oxygen atoms in total. The number of hydrogen-bond acceptors (Lipinski definition) is 3. The highest BCUT2D eigenvalue weighted by Gasteiger charge is 2.55. The molecule has 1 aromatic heterocycles. The monoisotopic (exact) mass is 291 g/mol. The van der Waals surface area contributed by atoms with Gasteiger partial charge >= 0.3 is 0 Å². The molecule has 0 aliphatic heterocycles. The van der Waals surface area contributed by atoms with Gasteiger partial charge in [-0.15, -0.1) is 0 Å². The van der Waals surface area contributed by atoms with Crippen LogP contribution in [0.1, 0.15) is 58.3 Å². The van der Waals surface area contributed by atoms with Crippen molar-refractivity contribution in [3.8, 4) is 5.75 Å². The van der Waals surface area contributed by atoms with E-state index >= 15 is 0 Å². The van der Waals surface area contributed by atoms with E-state index in [9.17, 15) is 0 Å². The lowest BCUT2D eigenvalue weighted by Gasteiger charge is -2.55. The van der Waals surface area contributed by atoms with E-state index in [2.05, 4.69) is 30.6 Å². The standard InChI is InChI=1S/C17H29N3O/c1-3-10-20-13-14(12-19-20)21-16-11-15(18-2)17(16)8-6-4-5-7-9-17/h12-13,15-16,18H,3-11H2,1-2H3. The van der Waals surface area contributed by atoms with Crippen molar-refractivity contribution in [2.75, 3.05) is 7.05 Å². The predicted octanol–water partition coefficient (Wildman–Crippen LogP) is 3.37. The van der Waals surface area contributed by atoms with Crippen LogP contribution in [0.2, 0.25) is 0 Å². The van der Waals surface area contributed by atoms with Gasteiger partial charge in [0.1, 0.15) is 6.10 Å². The van der Waals surface area contributed by atoms with E-state index in [0.717, 1.165) is 25.1 Å². The van der Waals surface area contributed by atoms with Gasteiger partial charge in [0.25, 0.3) is 0 Å². The second-order valence-electron chi connectivity index (χ2n) is 6.77. The van der Waals surface area contributed by atoms with Gasteiger partial charge in [-0.2, -0.15) is 5.10 Å². The Morgan fingerprint density at radius 1 is 1.33 bits per heavy atom. The van der Waals surface area contributed by atoms with Gasteiger partial charge < -0.3 is 10.1 Å². The van der Waals surface area contributed by atoms with Crippen molar-refractivity contribution >= 4 is 0 Å². The van der Waals surface area contributed by atoms with Crippen LogP contribution in [0.15, 0.2) is 12.4 Å². The molecule has 2 unspecified atom stereocenters. The number of nitrogens with one attached hydrogen (secondary N) is 1. The minimum absolute atomic E-state index is 0.359. The van der Waals surface area contributed by atoms with Crippen LogP contribution < -0.4 is 10.1 Å². The van der Waals surface area contributed by atoms with E-state index in [1.807, 2.05) is 10.9 Å². The summed E-state index contributed by atoms with van der Waals surface area (Å²) in [5.74, 6) is 0.951. The Bertz CT molecular complexity index is 449. The van der Waals surface area contributed by atoms with Crippen molar-refractivity contribution in [2.45, 2.75) is 77.0 Å². The van der Waals surface area contributed by atoms with Crippen LogP contribution in [0.3, 0.4) is 0 Å². The van der Waals surface area contributed by atoms with Crippen LogP contribution in [0.25, 0.3) is 0 Å². The summed E-state index contributed by atoms with van der Waals surface area (Å²) < 4.78 is 8.32. The highest BCUT2D eigenvalue weighted by Crippen LogP contribution is 2.52. The summed E-state index contributed by atoms with van der Waals surface area (Å²) in [5.41, 5.74) is 0.359. The molecule has 0 aromatic carbocycles. The minimum atomic E-state index is 0.359. The van der Waals surface area contributed by atoms with Crippen LogP contribution in [0, 0.1) is 5.41 Å². The Morgan fingerprint density at radius 3 is 2.76 bits per heavy atom. The first kappa shape index (κ1) is 14.9. The van der Waals surface area contributed by atoms with E-state index < -0.39 is 0 Å². The van der Waals surface area contributed by atoms with Crippen molar-refractivity contribution in [3.05, 3.63) is 12.4 Å². The number of rotatable bonds is 5. The molecule has 1 aromatic rings. The Kier molecular flexibility index (Phi) is 4.53. The van der Waals surface area contributed by atoms with E-state index in [0.29, 0.717) is 17.6 Å². The normalized spacial score (nSPS) is 28.1. The first-order chi connectivity index (χ1) is 10.3. The Balaban J connectivity index is 1.68. The molecule has 2 saturated carbocycles. The second-order valence-corrected chi connectivity index (χ2v) is 6.77. The molecule has 3 rings (SSSR count). The molecule has 0 bridgehead atoms. The van der Waals surface area contributed by atoms with Gasteiger partial charge in [-0.3, -0.25) is 4.68 Å². The smallest absolute Gasteiger partial charge is 0.157 e. The maximum Gasteiger partial charge on any atom is 0.157 e.